The molecule has 0 spiro atoms. The molecule has 0 amide bonds. The summed E-state index contributed by atoms with van der Waals surface area (Å²) in [5.41, 5.74) is 5.32. The van der Waals surface area contributed by atoms with Crippen LogP contribution in [0.5, 0.6) is 0 Å². The van der Waals surface area contributed by atoms with E-state index in [0.29, 0.717) is 4.70 Å². The Balaban J connectivity index is 3.05. The molecule has 0 fully saturated rings. The fourth-order valence-electron chi connectivity index (χ4n) is 1.70. The van der Waals surface area contributed by atoms with Crippen LogP contribution in [0, 0.1) is 21.4 Å². The highest BCUT2D eigenvalue weighted by Gasteiger charge is 2.23. The number of nitro benzene ring substituents is 1. The summed E-state index contributed by atoms with van der Waals surface area (Å²) in [4.78, 5) is 9.87. The van der Waals surface area contributed by atoms with Gasteiger partial charge in [-0.3, -0.25) is 10.1 Å². The number of non-ortho nitro benzene ring substituents is 1. The van der Waals surface area contributed by atoms with Crippen LogP contribution in [0.1, 0.15) is 5.56 Å². The van der Waals surface area contributed by atoms with E-state index in [9.17, 15) is 18.5 Å². The van der Waals surface area contributed by atoms with Gasteiger partial charge in [-0.2, -0.15) is 5.26 Å². The van der Waals surface area contributed by atoms with Gasteiger partial charge >= 0.3 is 0 Å². The lowest BCUT2D eigenvalue weighted by Gasteiger charge is -2.01. The molecular formula is C10H7N3O4S2. The van der Waals surface area contributed by atoms with Crippen LogP contribution in [0.2, 0.25) is 0 Å². The summed E-state index contributed by atoms with van der Waals surface area (Å²) in [6.45, 7) is 0. The van der Waals surface area contributed by atoms with E-state index < -0.39 is 14.8 Å². The highest BCUT2D eigenvalue weighted by molar-refractivity contribution is 7.91. The van der Waals surface area contributed by atoms with Crippen LogP contribution >= 0.6 is 11.3 Å². The number of nitro groups is 1. The molecule has 0 saturated carbocycles. The summed E-state index contributed by atoms with van der Waals surface area (Å²) in [6.07, 6.45) is 0.931. The van der Waals surface area contributed by atoms with Crippen LogP contribution in [0.3, 0.4) is 0 Å². The average molecular weight is 297 g/mol. The first-order valence-electron chi connectivity index (χ1n) is 4.86. The highest BCUT2D eigenvalue weighted by atomic mass is 32.2. The van der Waals surface area contributed by atoms with Gasteiger partial charge in [0.05, 0.1) is 15.4 Å². The molecule has 0 radical (unpaired) electrons. The summed E-state index contributed by atoms with van der Waals surface area (Å²) in [5, 5.41) is 20.1. The lowest BCUT2D eigenvalue weighted by molar-refractivity contribution is -0.384. The normalized spacial score (nSPS) is 11.4. The summed E-state index contributed by atoms with van der Waals surface area (Å²) >= 11 is 0.952. The largest absolute Gasteiger partial charge is 0.389 e. The molecule has 0 aliphatic heterocycles. The van der Waals surface area contributed by atoms with Crippen LogP contribution in [0.15, 0.2) is 17.0 Å². The van der Waals surface area contributed by atoms with Crippen LogP contribution in [-0.4, -0.2) is 19.6 Å². The zero-order valence-corrected chi connectivity index (χ0v) is 11.2. The standard InChI is InChI=1S/C10H7N3O4S2/c1-19(16,17)8-3-5(13(14)15)2-7-9(8)6(4-11)10(12)18-7/h2-3H,12H2,1H3. The molecule has 0 saturated heterocycles. The second kappa shape index (κ2) is 4.18. The molecule has 19 heavy (non-hydrogen) atoms. The van der Waals surface area contributed by atoms with Gasteiger partial charge in [0.25, 0.3) is 5.69 Å². The number of benzene rings is 1. The Kier molecular flexibility index (Phi) is 2.92. The number of rotatable bonds is 2. The molecular weight excluding hydrogens is 290 g/mol. The van der Waals surface area contributed by atoms with E-state index in [1.54, 1.807) is 0 Å². The Bertz CT molecular complexity index is 846. The predicted molar refractivity (Wildman–Crippen MR) is 70.7 cm³/mol. The second-order valence-electron chi connectivity index (χ2n) is 3.80. The van der Waals surface area contributed by atoms with Gasteiger partial charge in [-0.1, -0.05) is 0 Å². The third-order valence-corrected chi connectivity index (χ3v) is 4.58. The number of thiophene rings is 1. The van der Waals surface area contributed by atoms with E-state index in [1.165, 1.54) is 6.07 Å². The van der Waals surface area contributed by atoms with Crippen molar-refractivity contribution in [2.24, 2.45) is 0 Å². The minimum absolute atomic E-state index is 0.0373. The van der Waals surface area contributed by atoms with Crippen molar-refractivity contribution in [3.8, 4) is 6.07 Å². The van der Waals surface area contributed by atoms with Gasteiger partial charge in [-0.05, 0) is 0 Å². The van der Waals surface area contributed by atoms with E-state index in [2.05, 4.69) is 0 Å². The second-order valence-corrected chi connectivity index (χ2v) is 6.87. The highest BCUT2D eigenvalue weighted by Crippen LogP contribution is 2.39. The Labute approximate surface area is 111 Å². The van der Waals surface area contributed by atoms with Gasteiger partial charge in [-0.15, -0.1) is 11.3 Å². The monoisotopic (exact) mass is 297 g/mol. The number of nitriles is 1. The average Bonchev–Trinajstić information content (AvgIpc) is 2.61. The number of hydrogen-bond acceptors (Lipinski definition) is 7. The van der Waals surface area contributed by atoms with Crippen LogP contribution < -0.4 is 5.73 Å². The number of nitrogen functional groups attached to an aromatic ring is 1. The van der Waals surface area contributed by atoms with E-state index >= 15 is 0 Å². The van der Waals surface area contributed by atoms with Crippen molar-refractivity contribution in [2.75, 3.05) is 12.0 Å². The Morgan fingerprint density at radius 1 is 1.47 bits per heavy atom. The van der Waals surface area contributed by atoms with E-state index in [-0.39, 0.29) is 26.5 Å². The fraction of sp³-hybridized carbons (Fsp3) is 0.100. The third kappa shape index (κ3) is 2.11. The van der Waals surface area contributed by atoms with E-state index in [0.717, 1.165) is 23.7 Å². The lowest BCUT2D eigenvalue weighted by Crippen LogP contribution is -2.00. The quantitative estimate of drug-likeness (QED) is 0.663. The molecule has 2 aromatic rings. The number of nitrogens with two attached hydrogens (primary N) is 1. The van der Waals surface area contributed by atoms with Gasteiger partial charge in [0.15, 0.2) is 9.84 Å². The molecule has 1 aromatic heterocycles. The van der Waals surface area contributed by atoms with Crippen LogP contribution in [0.4, 0.5) is 10.7 Å². The first-order valence-corrected chi connectivity index (χ1v) is 7.57. The SMILES string of the molecule is CS(=O)(=O)c1cc([N+](=O)[O-])cc2sc(N)c(C#N)c12. The first kappa shape index (κ1) is 13.3. The fourth-order valence-corrected chi connectivity index (χ4v) is 3.67. The van der Waals surface area contributed by atoms with Gasteiger partial charge in [0.1, 0.15) is 11.1 Å². The van der Waals surface area contributed by atoms with E-state index in [1.807, 2.05) is 6.07 Å². The minimum atomic E-state index is -3.71. The molecule has 2 N–H and O–H groups in total. The van der Waals surface area contributed by atoms with Crippen molar-refractivity contribution in [2.45, 2.75) is 4.90 Å². The minimum Gasteiger partial charge on any atom is -0.389 e. The Morgan fingerprint density at radius 3 is 2.58 bits per heavy atom. The molecule has 0 aliphatic rings. The van der Waals surface area contributed by atoms with Crippen molar-refractivity contribution < 1.29 is 13.3 Å². The van der Waals surface area contributed by atoms with Crippen molar-refractivity contribution in [3.05, 3.63) is 27.8 Å². The molecule has 9 heteroatoms. The van der Waals surface area contributed by atoms with Crippen molar-refractivity contribution in [1.29, 1.82) is 5.26 Å². The molecule has 0 unspecified atom stereocenters. The summed E-state index contributed by atoms with van der Waals surface area (Å²) in [7, 11) is -3.71. The molecule has 0 aliphatic carbocycles. The zero-order valence-electron chi connectivity index (χ0n) is 9.58. The van der Waals surface area contributed by atoms with Gasteiger partial charge in [-0.25, -0.2) is 8.42 Å². The van der Waals surface area contributed by atoms with Gasteiger partial charge in [0, 0.05) is 28.5 Å². The molecule has 1 aromatic carbocycles. The number of hydrogen-bond donors (Lipinski definition) is 1. The smallest absolute Gasteiger partial charge is 0.272 e. The van der Waals surface area contributed by atoms with E-state index in [4.69, 9.17) is 11.0 Å². The molecule has 0 atom stereocenters. The molecule has 2 rings (SSSR count). The molecule has 98 valence electrons. The first-order chi connectivity index (χ1) is 8.75. The number of fused-ring (bicyclic) bond motifs is 1. The number of anilines is 1. The zero-order chi connectivity index (χ0) is 14.4. The summed E-state index contributed by atoms with van der Waals surface area (Å²) in [5.74, 6) is 0. The summed E-state index contributed by atoms with van der Waals surface area (Å²) < 4.78 is 23.8. The maximum atomic E-state index is 11.7. The van der Waals surface area contributed by atoms with Gasteiger partial charge < -0.3 is 5.73 Å². The van der Waals surface area contributed by atoms with Crippen LogP contribution in [-0.2, 0) is 9.84 Å². The maximum Gasteiger partial charge on any atom is 0.272 e. The summed E-state index contributed by atoms with van der Waals surface area (Å²) in [6, 6.07) is 3.99. The van der Waals surface area contributed by atoms with Gasteiger partial charge in [0.2, 0.25) is 0 Å². The Hall–Kier alpha value is -2.18. The molecule has 7 nitrogen and oxygen atoms in total. The molecule has 1 heterocycles. The number of sulfone groups is 1. The molecule has 0 bridgehead atoms. The Morgan fingerprint density at radius 2 is 2.11 bits per heavy atom. The maximum absolute atomic E-state index is 11.7. The lowest BCUT2D eigenvalue weighted by atomic mass is 10.1. The third-order valence-electron chi connectivity index (χ3n) is 2.49. The predicted octanol–water partition coefficient (Wildman–Crippen LogP) is 1.67. The topological polar surface area (TPSA) is 127 Å². The van der Waals surface area contributed by atoms with Crippen molar-refractivity contribution in [3.63, 3.8) is 0 Å². The van der Waals surface area contributed by atoms with Crippen molar-refractivity contribution in [1.82, 2.24) is 0 Å². The van der Waals surface area contributed by atoms with Crippen LogP contribution in [0.25, 0.3) is 10.1 Å². The van der Waals surface area contributed by atoms with Crippen molar-refractivity contribution >= 4 is 41.9 Å². The number of nitrogens with zero attached hydrogens (tertiary/aromatic N) is 2.